The molecule has 0 bridgehead atoms. The van der Waals surface area contributed by atoms with E-state index < -0.39 is 0 Å². The Morgan fingerprint density at radius 3 is 2.84 bits per heavy atom. The number of methoxy groups -OCH3 is 1. The molecule has 2 aromatic carbocycles. The van der Waals surface area contributed by atoms with Crippen LogP contribution in [0, 0.1) is 6.92 Å². The van der Waals surface area contributed by atoms with Crippen molar-refractivity contribution in [2.45, 2.75) is 32.7 Å². The molecule has 1 aliphatic rings. The number of amides is 1. The molecule has 1 heterocycles. The van der Waals surface area contributed by atoms with Gasteiger partial charge in [0.2, 0.25) is 5.91 Å². The van der Waals surface area contributed by atoms with Crippen molar-refractivity contribution in [3.63, 3.8) is 0 Å². The zero-order valence-corrected chi connectivity index (χ0v) is 15.6. The van der Waals surface area contributed by atoms with E-state index in [2.05, 4.69) is 28.4 Å². The Hall–Kier alpha value is -2.20. The minimum absolute atomic E-state index is 0.0586. The predicted molar refractivity (Wildman–Crippen MR) is 103 cm³/mol. The number of nitrogens with one attached hydrogen (secondary N) is 1. The quantitative estimate of drug-likeness (QED) is 0.878. The summed E-state index contributed by atoms with van der Waals surface area (Å²) in [4.78, 5) is 15.0. The van der Waals surface area contributed by atoms with Crippen LogP contribution in [0.2, 0.25) is 5.02 Å². The number of carbonyl (C=O) groups is 1. The Labute approximate surface area is 153 Å². The van der Waals surface area contributed by atoms with E-state index in [4.69, 9.17) is 16.3 Å². The largest absolute Gasteiger partial charge is 0.495 e. The van der Waals surface area contributed by atoms with Gasteiger partial charge >= 0.3 is 0 Å². The monoisotopic (exact) mass is 358 g/mol. The number of para-hydroxylation sites is 1. The van der Waals surface area contributed by atoms with Gasteiger partial charge in [0.15, 0.2) is 0 Å². The molecule has 0 saturated heterocycles. The van der Waals surface area contributed by atoms with Crippen LogP contribution in [0.3, 0.4) is 0 Å². The van der Waals surface area contributed by atoms with Crippen LogP contribution in [-0.4, -0.2) is 25.6 Å². The molecule has 0 fully saturated rings. The maximum atomic E-state index is 12.8. The summed E-state index contributed by atoms with van der Waals surface area (Å²) in [5, 5.41) is 3.61. The molecule has 1 N–H and O–H groups in total. The highest BCUT2D eigenvalue weighted by atomic mass is 35.5. The minimum Gasteiger partial charge on any atom is -0.495 e. The van der Waals surface area contributed by atoms with Crippen LogP contribution in [0.5, 0.6) is 5.75 Å². The lowest BCUT2D eigenvalue weighted by molar-refractivity contribution is -0.117. The topological polar surface area (TPSA) is 41.6 Å². The van der Waals surface area contributed by atoms with E-state index in [0.717, 1.165) is 30.6 Å². The standard InChI is InChI=1S/C20H23ClN2O2/c1-13-11-17(19(25-3)12-16(13)21)22-20(24)14(2)23-10-6-8-15-7-4-5-9-18(15)23/h4-5,7,9,11-12,14H,6,8,10H2,1-3H3,(H,22,24)/t14-/m0/s1. The molecule has 1 atom stereocenters. The van der Waals surface area contributed by atoms with Gasteiger partial charge in [0.25, 0.3) is 0 Å². The molecule has 1 amide bonds. The van der Waals surface area contributed by atoms with Crippen molar-refractivity contribution in [2.75, 3.05) is 23.9 Å². The van der Waals surface area contributed by atoms with Gasteiger partial charge in [-0.25, -0.2) is 0 Å². The fraction of sp³-hybridized carbons (Fsp3) is 0.350. The lowest BCUT2D eigenvalue weighted by Crippen LogP contribution is -2.44. The Bertz CT molecular complexity index is 791. The van der Waals surface area contributed by atoms with E-state index >= 15 is 0 Å². The Morgan fingerprint density at radius 2 is 2.08 bits per heavy atom. The highest BCUT2D eigenvalue weighted by Crippen LogP contribution is 2.32. The second-order valence-electron chi connectivity index (χ2n) is 6.39. The predicted octanol–water partition coefficient (Wildman–Crippen LogP) is 4.44. The van der Waals surface area contributed by atoms with Gasteiger partial charge in [-0.05, 0) is 49.9 Å². The summed E-state index contributed by atoms with van der Waals surface area (Å²) in [5.41, 5.74) is 3.99. The molecule has 4 nitrogen and oxygen atoms in total. The van der Waals surface area contributed by atoms with Crippen molar-refractivity contribution in [1.29, 1.82) is 0 Å². The van der Waals surface area contributed by atoms with Crippen molar-refractivity contribution in [3.8, 4) is 5.75 Å². The van der Waals surface area contributed by atoms with Gasteiger partial charge in [0.05, 0.1) is 12.8 Å². The SMILES string of the molecule is COc1cc(Cl)c(C)cc1NC(=O)[C@H](C)N1CCCc2ccccc21. The van der Waals surface area contributed by atoms with Crippen LogP contribution in [0.4, 0.5) is 11.4 Å². The summed E-state index contributed by atoms with van der Waals surface area (Å²) in [6.07, 6.45) is 2.11. The van der Waals surface area contributed by atoms with Crippen LogP contribution in [0.15, 0.2) is 36.4 Å². The molecule has 2 aromatic rings. The maximum absolute atomic E-state index is 12.8. The number of benzene rings is 2. The van der Waals surface area contributed by atoms with Gasteiger partial charge in [-0.1, -0.05) is 29.8 Å². The maximum Gasteiger partial charge on any atom is 0.246 e. The summed E-state index contributed by atoms with van der Waals surface area (Å²) in [7, 11) is 1.57. The highest BCUT2D eigenvalue weighted by molar-refractivity contribution is 6.31. The third-order valence-electron chi connectivity index (χ3n) is 4.73. The first-order valence-electron chi connectivity index (χ1n) is 8.51. The molecule has 5 heteroatoms. The average Bonchev–Trinajstić information content (AvgIpc) is 2.63. The molecule has 0 radical (unpaired) electrons. The third kappa shape index (κ3) is 3.59. The van der Waals surface area contributed by atoms with Gasteiger partial charge in [0, 0.05) is 23.3 Å². The summed E-state index contributed by atoms with van der Waals surface area (Å²) >= 11 is 6.14. The molecule has 0 aliphatic carbocycles. The van der Waals surface area contributed by atoms with Crippen LogP contribution in [0.1, 0.15) is 24.5 Å². The van der Waals surface area contributed by atoms with Crippen LogP contribution < -0.4 is 15.0 Å². The number of halogens is 1. The number of anilines is 2. The van der Waals surface area contributed by atoms with E-state index in [1.165, 1.54) is 5.56 Å². The highest BCUT2D eigenvalue weighted by Gasteiger charge is 2.26. The fourth-order valence-electron chi connectivity index (χ4n) is 3.27. The van der Waals surface area contributed by atoms with E-state index in [1.807, 2.05) is 26.0 Å². The van der Waals surface area contributed by atoms with E-state index in [1.54, 1.807) is 13.2 Å². The zero-order valence-electron chi connectivity index (χ0n) is 14.8. The van der Waals surface area contributed by atoms with Crippen LogP contribution in [0.25, 0.3) is 0 Å². The van der Waals surface area contributed by atoms with E-state index in [0.29, 0.717) is 16.5 Å². The first-order valence-corrected chi connectivity index (χ1v) is 8.88. The lowest BCUT2D eigenvalue weighted by atomic mass is 10.00. The summed E-state index contributed by atoms with van der Waals surface area (Å²) in [6.45, 7) is 4.72. The lowest BCUT2D eigenvalue weighted by Gasteiger charge is -2.35. The van der Waals surface area contributed by atoms with Gasteiger partial charge in [-0.2, -0.15) is 0 Å². The molecule has 3 rings (SSSR count). The summed E-state index contributed by atoms with van der Waals surface area (Å²) in [5.74, 6) is 0.506. The van der Waals surface area contributed by atoms with E-state index in [-0.39, 0.29) is 11.9 Å². The summed E-state index contributed by atoms with van der Waals surface area (Å²) < 4.78 is 5.35. The first-order chi connectivity index (χ1) is 12.0. The molecule has 0 saturated carbocycles. The van der Waals surface area contributed by atoms with Crippen molar-refractivity contribution < 1.29 is 9.53 Å². The number of nitrogens with zero attached hydrogens (tertiary/aromatic N) is 1. The molecular weight excluding hydrogens is 336 g/mol. The summed E-state index contributed by atoms with van der Waals surface area (Å²) in [6, 6.07) is 11.6. The van der Waals surface area contributed by atoms with Gasteiger partial charge in [0.1, 0.15) is 11.8 Å². The molecule has 0 aromatic heterocycles. The molecule has 1 aliphatic heterocycles. The normalized spacial score (nSPS) is 14.6. The van der Waals surface area contributed by atoms with Crippen LogP contribution in [-0.2, 0) is 11.2 Å². The first kappa shape index (κ1) is 17.6. The number of hydrogen-bond acceptors (Lipinski definition) is 3. The molecule has 25 heavy (non-hydrogen) atoms. The van der Waals surface area contributed by atoms with E-state index in [9.17, 15) is 4.79 Å². The smallest absolute Gasteiger partial charge is 0.246 e. The van der Waals surface area contributed by atoms with Gasteiger partial charge in [-0.3, -0.25) is 4.79 Å². The number of rotatable bonds is 4. The Kier molecular flexibility index (Phi) is 5.19. The van der Waals surface area contributed by atoms with Crippen molar-refractivity contribution >= 4 is 28.9 Å². The average molecular weight is 359 g/mol. The van der Waals surface area contributed by atoms with Crippen LogP contribution >= 0.6 is 11.6 Å². The zero-order chi connectivity index (χ0) is 18.0. The number of carbonyl (C=O) groups excluding carboxylic acids is 1. The van der Waals surface area contributed by atoms with Crippen molar-refractivity contribution in [2.24, 2.45) is 0 Å². The second kappa shape index (κ2) is 7.36. The number of aryl methyl sites for hydroxylation is 2. The second-order valence-corrected chi connectivity index (χ2v) is 6.80. The number of hydrogen-bond donors (Lipinski definition) is 1. The third-order valence-corrected chi connectivity index (χ3v) is 5.14. The van der Waals surface area contributed by atoms with Crippen molar-refractivity contribution in [3.05, 3.63) is 52.5 Å². The fourth-order valence-corrected chi connectivity index (χ4v) is 3.43. The van der Waals surface area contributed by atoms with Gasteiger partial charge < -0.3 is 15.0 Å². The minimum atomic E-state index is -0.276. The van der Waals surface area contributed by atoms with Crippen molar-refractivity contribution in [1.82, 2.24) is 0 Å². The molecular formula is C20H23ClN2O2. The molecule has 0 spiro atoms. The van der Waals surface area contributed by atoms with Gasteiger partial charge in [-0.15, -0.1) is 0 Å². The molecule has 0 unspecified atom stereocenters. The Balaban J connectivity index is 1.82. The number of ether oxygens (including phenoxy) is 1. The Morgan fingerprint density at radius 1 is 1.32 bits per heavy atom. The number of fused-ring (bicyclic) bond motifs is 1. The molecule has 132 valence electrons.